The molecule has 0 radical (unpaired) electrons. The molecule has 0 atom stereocenters. The molecule has 0 fully saturated rings. The number of hydrogen-bond donors (Lipinski definition) is 2. The molecule has 0 amide bonds. The number of benzene rings is 1. The van der Waals surface area contributed by atoms with Crippen LogP contribution in [0.15, 0.2) is 30.3 Å². The van der Waals surface area contributed by atoms with Crippen LogP contribution < -0.4 is 5.73 Å². The van der Waals surface area contributed by atoms with Gasteiger partial charge in [0.1, 0.15) is 0 Å². The number of hydrogen-bond acceptors (Lipinski definition) is 2. The topological polar surface area (TPSA) is 63.3 Å². The average molecular weight is 209 g/mol. The highest BCUT2D eigenvalue weighted by atomic mass is 16.4. The van der Waals surface area contributed by atoms with Gasteiger partial charge in [-0.3, -0.25) is 4.79 Å². The summed E-state index contributed by atoms with van der Waals surface area (Å²) in [6.45, 7) is 5.17. The SMILES string of the molecule is CC(=O)O.CC(C)(N)Cc1ccccc1. The standard InChI is InChI=1S/C10H15N.C2H4O2/c1-10(2,11)8-9-6-4-3-5-7-9;1-2(3)4/h3-7H,8,11H2,1-2H3;1H3,(H,3,4). The van der Waals surface area contributed by atoms with Crippen LogP contribution in [0.5, 0.6) is 0 Å². The van der Waals surface area contributed by atoms with Crippen LogP contribution in [0.4, 0.5) is 0 Å². The molecule has 0 saturated heterocycles. The molecule has 3 heteroatoms. The van der Waals surface area contributed by atoms with Crippen LogP contribution in [0.2, 0.25) is 0 Å². The molecule has 0 aliphatic carbocycles. The molecular formula is C12H19NO2. The number of rotatable bonds is 2. The fourth-order valence-corrected chi connectivity index (χ4v) is 1.12. The summed E-state index contributed by atoms with van der Waals surface area (Å²) in [4.78, 5) is 9.00. The van der Waals surface area contributed by atoms with Crippen LogP contribution >= 0.6 is 0 Å². The molecule has 1 aromatic rings. The molecule has 3 N–H and O–H groups in total. The number of nitrogens with two attached hydrogens (primary N) is 1. The lowest BCUT2D eigenvalue weighted by molar-refractivity contribution is -0.134. The first-order chi connectivity index (χ1) is 6.81. The van der Waals surface area contributed by atoms with Gasteiger partial charge in [0.15, 0.2) is 0 Å². The van der Waals surface area contributed by atoms with E-state index in [0.717, 1.165) is 13.3 Å². The lowest BCUT2D eigenvalue weighted by atomic mass is 9.96. The maximum Gasteiger partial charge on any atom is 0.300 e. The van der Waals surface area contributed by atoms with E-state index in [2.05, 4.69) is 12.1 Å². The maximum absolute atomic E-state index is 9.00. The predicted molar refractivity (Wildman–Crippen MR) is 61.7 cm³/mol. The molecule has 0 aliphatic rings. The summed E-state index contributed by atoms with van der Waals surface area (Å²) < 4.78 is 0. The fraction of sp³-hybridized carbons (Fsp3) is 0.417. The van der Waals surface area contributed by atoms with Gasteiger partial charge in [-0.25, -0.2) is 0 Å². The smallest absolute Gasteiger partial charge is 0.300 e. The van der Waals surface area contributed by atoms with Crippen molar-refractivity contribution in [1.29, 1.82) is 0 Å². The van der Waals surface area contributed by atoms with E-state index in [0.29, 0.717) is 0 Å². The first-order valence-corrected chi connectivity index (χ1v) is 4.83. The summed E-state index contributed by atoms with van der Waals surface area (Å²) in [5.74, 6) is -0.833. The molecule has 0 bridgehead atoms. The summed E-state index contributed by atoms with van der Waals surface area (Å²) in [6.07, 6.45) is 0.938. The molecule has 1 rings (SSSR count). The number of carboxylic acids is 1. The van der Waals surface area contributed by atoms with Crippen LogP contribution in [-0.4, -0.2) is 16.6 Å². The van der Waals surface area contributed by atoms with Gasteiger partial charge in [0.25, 0.3) is 5.97 Å². The van der Waals surface area contributed by atoms with Crippen LogP contribution in [0.3, 0.4) is 0 Å². The van der Waals surface area contributed by atoms with E-state index in [9.17, 15) is 0 Å². The summed E-state index contributed by atoms with van der Waals surface area (Å²) in [5.41, 5.74) is 7.08. The number of aliphatic carboxylic acids is 1. The van der Waals surface area contributed by atoms with Crippen molar-refractivity contribution in [3.63, 3.8) is 0 Å². The van der Waals surface area contributed by atoms with Crippen LogP contribution in [-0.2, 0) is 11.2 Å². The van der Waals surface area contributed by atoms with Crippen molar-refractivity contribution < 1.29 is 9.90 Å². The van der Waals surface area contributed by atoms with Gasteiger partial charge in [-0.1, -0.05) is 30.3 Å². The average Bonchev–Trinajstić information content (AvgIpc) is 2.01. The van der Waals surface area contributed by atoms with E-state index >= 15 is 0 Å². The highest BCUT2D eigenvalue weighted by Crippen LogP contribution is 2.08. The Morgan fingerprint density at radius 1 is 1.33 bits per heavy atom. The number of carbonyl (C=O) groups is 1. The lowest BCUT2D eigenvalue weighted by Gasteiger charge is -2.17. The Morgan fingerprint density at radius 2 is 1.73 bits per heavy atom. The van der Waals surface area contributed by atoms with Gasteiger partial charge in [0.2, 0.25) is 0 Å². The molecule has 1 aromatic carbocycles. The summed E-state index contributed by atoms with van der Waals surface area (Å²) in [7, 11) is 0. The van der Waals surface area contributed by atoms with E-state index < -0.39 is 5.97 Å². The van der Waals surface area contributed by atoms with E-state index in [4.69, 9.17) is 15.6 Å². The minimum absolute atomic E-state index is 0.0959. The van der Waals surface area contributed by atoms with Crippen molar-refractivity contribution in [2.24, 2.45) is 5.73 Å². The van der Waals surface area contributed by atoms with Gasteiger partial charge in [0.05, 0.1) is 0 Å². The van der Waals surface area contributed by atoms with Gasteiger partial charge >= 0.3 is 0 Å². The van der Waals surface area contributed by atoms with Gasteiger partial charge < -0.3 is 10.8 Å². The molecule has 0 aliphatic heterocycles. The first-order valence-electron chi connectivity index (χ1n) is 4.83. The Kier molecular flexibility index (Phi) is 5.64. The zero-order valence-electron chi connectivity index (χ0n) is 9.53. The second-order valence-electron chi connectivity index (χ2n) is 4.17. The molecule has 0 aromatic heterocycles. The minimum atomic E-state index is -0.833. The largest absolute Gasteiger partial charge is 0.481 e. The lowest BCUT2D eigenvalue weighted by Crippen LogP contribution is -2.34. The Bertz CT molecular complexity index is 284. The number of carboxylic acid groups (broad SMARTS) is 1. The van der Waals surface area contributed by atoms with E-state index in [1.165, 1.54) is 5.56 Å². The molecule has 0 saturated carbocycles. The zero-order chi connectivity index (χ0) is 11.9. The highest BCUT2D eigenvalue weighted by molar-refractivity contribution is 5.62. The van der Waals surface area contributed by atoms with E-state index in [1.54, 1.807) is 0 Å². The van der Waals surface area contributed by atoms with Crippen molar-refractivity contribution >= 4 is 5.97 Å². The van der Waals surface area contributed by atoms with Gasteiger partial charge in [0, 0.05) is 12.5 Å². The van der Waals surface area contributed by atoms with Gasteiger partial charge in [-0.05, 0) is 25.8 Å². The van der Waals surface area contributed by atoms with Crippen LogP contribution in [0, 0.1) is 0 Å². The zero-order valence-corrected chi connectivity index (χ0v) is 9.53. The van der Waals surface area contributed by atoms with Crippen molar-refractivity contribution in [2.75, 3.05) is 0 Å². The third-order valence-corrected chi connectivity index (χ3v) is 1.50. The second-order valence-corrected chi connectivity index (χ2v) is 4.17. The molecule has 84 valence electrons. The monoisotopic (exact) mass is 209 g/mol. The maximum atomic E-state index is 9.00. The predicted octanol–water partition coefficient (Wildman–Crippen LogP) is 2.06. The molecule has 0 spiro atoms. The van der Waals surface area contributed by atoms with Crippen molar-refractivity contribution in [3.05, 3.63) is 35.9 Å². The minimum Gasteiger partial charge on any atom is -0.481 e. The normalized spacial score (nSPS) is 10.1. The molecule has 0 heterocycles. The van der Waals surface area contributed by atoms with Crippen molar-refractivity contribution in [3.8, 4) is 0 Å². The van der Waals surface area contributed by atoms with E-state index in [1.807, 2.05) is 32.0 Å². The quantitative estimate of drug-likeness (QED) is 0.783. The third kappa shape index (κ3) is 10.6. The molecule has 3 nitrogen and oxygen atoms in total. The molecule has 15 heavy (non-hydrogen) atoms. The molecular weight excluding hydrogens is 190 g/mol. The van der Waals surface area contributed by atoms with E-state index in [-0.39, 0.29) is 5.54 Å². The van der Waals surface area contributed by atoms with Gasteiger partial charge in [-0.15, -0.1) is 0 Å². The van der Waals surface area contributed by atoms with Crippen molar-refractivity contribution in [2.45, 2.75) is 32.7 Å². The summed E-state index contributed by atoms with van der Waals surface area (Å²) in [6, 6.07) is 10.3. The Balaban J connectivity index is 0.000000423. The second kappa shape index (κ2) is 6.19. The Hall–Kier alpha value is -1.35. The fourth-order valence-electron chi connectivity index (χ4n) is 1.12. The Morgan fingerprint density at radius 3 is 2.07 bits per heavy atom. The summed E-state index contributed by atoms with van der Waals surface area (Å²) >= 11 is 0. The summed E-state index contributed by atoms with van der Waals surface area (Å²) in [5, 5.41) is 7.42. The van der Waals surface area contributed by atoms with Crippen molar-refractivity contribution in [1.82, 2.24) is 0 Å². The van der Waals surface area contributed by atoms with Crippen LogP contribution in [0.1, 0.15) is 26.3 Å². The van der Waals surface area contributed by atoms with Gasteiger partial charge in [-0.2, -0.15) is 0 Å². The highest BCUT2D eigenvalue weighted by Gasteiger charge is 2.10. The van der Waals surface area contributed by atoms with Crippen LogP contribution in [0.25, 0.3) is 0 Å². The third-order valence-electron chi connectivity index (χ3n) is 1.50. The first kappa shape index (κ1) is 13.7. The Labute approximate surface area is 90.9 Å². The molecule has 0 unspecified atom stereocenters.